The van der Waals surface area contributed by atoms with E-state index in [1.165, 1.54) is 0 Å². The molecule has 0 aromatic rings. The summed E-state index contributed by atoms with van der Waals surface area (Å²) in [5.74, 6) is 1.77. The molecule has 1 rings (SSSR count). The summed E-state index contributed by atoms with van der Waals surface area (Å²) in [5, 5.41) is 3.50. The summed E-state index contributed by atoms with van der Waals surface area (Å²) in [4.78, 5) is 12.3. The minimum atomic E-state index is -0.438. The highest BCUT2D eigenvalue weighted by molar-refractivity contribution is 5.81. The lowest BCUT2D eigenvalue weighted by atomic mass is 9.71. The highest BCUT2D eigenvalue weighted by Crippen LogP contribution is 2.37. The van der Waals surface area contributed by atoms with E-state index in [0.717, 1.165) is 25.8 Å². The van der Waals surface area contributed by atoms with Gasteiger partial charge in [-0.1, -0.05) is 27.7 Å². The summed E-state index contributed by atoms with van der Waals surface area (Å²) >= 11 is 0. The van der Waals surface area contributed by atoms with Crippen molar-refractivity contribution in [3.05, 3.63) is 0 Å². The van der Waals surface area contributed by atoms with Gasteiger partial charge in [0.1, 0.15) is 5.54 Å². The molecule has 1 fully saturated rings. The van der Waals surface area contributed by atoms with Gasteiger partial charge in [-0.25, -0.2) is 0 Å². The van der Waals surface area contributed by atoms with E-state index in [2.05, 4.69) is 33.0 Å². The SMILES string of the molecule is CCOC(=O)C1(NCC(C)C)CCC(C)C(C)C1. The summed E-state index contributed by atoms with van der Waals surface area (Å²) in [6.07, 6.45) is 2.91. The zero-order valence-corrected chi connectivity index (χ0v) is 12.6. The standard InChI is InChI=1S/C15H29NO2/c1-6-18-14(17)15(16-10-11(2)3)8-7-12(4)13(5)9-15/h11-13,16H,6-10H2,1-5H3. The third-order valence-electron chi connectivity index (χ3n) is 4.18. The van der Waals surface area contributed by atoms with Crippen LogP contribution in [0, 0.1) is 17.8 Å². The Balaban J connectivity index is 2.77. The molecular weight excluding hydrogens is 226 g/mol. The lowest BCUT2D eigenvalue weighted by Gasteiger charge is -2.41. The van der Waals surface area contributed by atoms with E-state index in [0.29, 0.717) is 24.4 Å². The first-order valence-electron chi connectivity index (χ1n) is 7.33. The minimum absolute atomic E-state index is 0.0515. The number of carbonyl (C=O) groups is 1. The third-order valence-corrected chi connectivity index (χ3v) is 4.18. The first-order valence-corrected chi connectivity index (χ1v) is 7.33. The van der Waals surface area contributed by atoms with Gasteiger partial charge in [-0.15, -0.1) is 0 Å². The maximum atomic E-state index is 12.3. The molecule has 18 heavy (non-hydrogen) atoms. The van der Waals surface area contributed by atoms with Crippen LogP contribution < -0.4 is 5.32 Å². The van der Waals surface area contributed by atoms with Crippen LogP contribution in [0.2, 0.25) is 0 Å². The van der Waals surface area contributed by atoms with Gasteiger partial charge < -0.3 is 10.1 Å². The second-order valence-electron chi connectivity index (χ2n) is 6.27. The van der Waals surface area contributed by atoms with Crippen LogP contribution in [0.4, 0.5) is 0 Å². The molecule has 0 aliphatic heterocycles. The number of carbonyl (C=O) groups excluding carboxylic acids is 1. The molecule has 1 saturated carbocycles. The first-order chi connectivity index (χ1) is 8.41. The summed E-state index contributed by atoms with van der Waals surface area (Å²) in [7, 11) is 0. The van der Waals surface area contributed by atoms with Crippen LogP contribution in [0.25, 0.3) is 0 Å². The molecule has 3 nitrogen and oxygen atoms in total. The van der Waals surface area contributed by atoms with Crippen LogP contribution in [0.3, 0.4) is 0 Å². The van der Waals surface area contributed by atoms with Crippen LogP contribution in [0.1, 0.15) is 53.9 Å². The second-order valence-corrected chi connectivity index (χ2v) is 6.27. The maximum Gasteiger partial charge on any atom is 0.326 e. The molecule has 1 N–H and O–H groups in total. The Morgan fingerprint density at radius 2 is 2.06 bits per heavy atom. The molecule has 1 aliphatic rings. The van der Waals surface area contributed by atoms with E-state index in [4.69, 9.17) is 4.74 Å². The fraction of sp³-hybridized carbons (Fsp3) is 0.933. The van der Waals surface area contributed by atoms with E-state index < -0.39 is 5.54 Å². The smallest absolute Gasteiger partial charge is 0.326 e. The van der Waals surface area contributed by atoms with Gasteiger partial charge in [-0.05, 0) is 50.5 Å². The number of ether oxygens (including phenoxy) is 1. The Kier molecular flexibility index (Phi) is 5.64. The summed E-state index contributed by atoms with van der Waals surface area (Å²) < 4.78 is 5.30. The van der Waals surface area contributed by atoms with Crippen molar-refractivity contribution in [2.75, 3.05) is 13.2 Å². The molecule has 0 saturated heterocycles. The van der Waals surface area contributed by atoms with Crippen molar-refractivity contribution in [1.82, 2.24) is 5.32 Å². The van der Waals surface area contributed by atoms with Crippen molar-refractivity contribution in [1.29, 1.82) is 0 Å². The molecule has 0 amide bonds. The van der Waals surface area contributed by atoms with Gasteiger partial charge in [-0.3, -0.25) is 4.79 Å². The van der Waals surface area contributed by atoms with Crippen LogP contribution in [-0.2, 0) is 9.53 Å². The van der Waals surface area contributed by atoms with Crippen LogP contribution in [0.5, 0.6) is 0 Å². The van der Waals surface area contributed by atoms with Gasteiger partial charge >= 0.3 is 5.97 Å². The zero-order chi connectivity index (χ0) is 13.8. The average molecular weight is 255 g/mol. The second kappa shape index (κ2) is 6.55. The van der Waals surface area contributed by atoms with E-state index >= 15 is 0 Å². The molecule has 106 valence electrons. The van der Waals surface area contributed by atoms with Crippen LogP contribution in [-0.4, -0.2) is 24.7 Å². The molecule has 0 radical (unpaired) electrons. The molecule has 0 spiro atoms. The predicted octanol–water partition coefficient (Wildman–Crippen LogP) is 2.99. The molecule has 1 aliphatic carbocycles. The Morgan fingerprint density at radius 1 is 1.39 bits per heavy atom. The highest BCUT2D eigenvalue weighted by atomic mass is 16.5. The fourth-order valence-electron chi connectivity index (χ4n) is 2.70. The maximum absolute atomic E-state index is 12.3. The number of hydrogen-bond donors (Lipinski definition) is 1. The summed E-state index contributed by atoms with van der Waals surface area (Å²) in [6, 6.07) is 0. The lowest BCUT2D eigenvalue weighted by molar-refractivity contribution is -0.154. The Labute approximate surface area is 112 Å². The zero-order valence-electron chi connectivity index (χ0n) is 12.6. The molecule has 0 aromatic carbocycles. The van der Waals surface area contributed by atoms with Crippen LogP contribution in [0.15, 0.2) is 0 Å². The molecular formula is C15H29NO2. The van der Waals surface area contributed by atoms with Crippen molar-refractivity contribution in [3.8, 4) is 0 Å². The number of esters is 1. The van der Waals surface area contributed by atoms with E-state index in [9.17, 15) is 4.79 Å². The minimum Gasteiger partial charge on any atom is -0.465 e. The van der Waals surface area contributed by atoms with Gasteiger partial charge in [0.25, 0.3) is 0 Å². The fourth-order valence-corrected chi connectivity index (χ4v) is 2.70. The molecule has 3 heteroatoms. The number of rotatable bonds is 5. The van der Waals surface area contributed by atoms with Gasteiger partial charge in [0, 0.05) is 0 Å². The average Bonchev–Trinajstić information content (AvgIpc) is 2.31. The Bertz CT molecular complexity index is 278. The first kappa shape index (κ1) is 15.5. The molecule has 0 aromatic heterocycles. The monoisotopic (exact) mass is 255 g/mol. The topological polar surface area (TPSA) is 38.3 Å². The molecule has 3 atom stereocenters. The van der Waals surface area contributed by atoms with Crippen LogP contribution >= 0.6 is 0 Å². The van der Waals surface area contributed by atoms with Crippen molar-refractivity contribution < 1.29 is 9.53 Å². The summed E-state index contributed by atoms with van der Waals surface area (Å²) in [6.45, 7) is 12.1. The van der Waals surface area contributed by atoms with E-state index in [-0.39, 0.29) is 5.97 Å². The predicted molar refractivity (Wildman–Crippen MR) is 74.4 cm³/mol. The molecule has 0 bridgehead atoms. The van der Waals surface area contributed by atoms with Crippen molar-refractivity contribution in [2.24, 2.45) is 17.8 Å². The normalized spacial score (nSPS) is 32.6. The van der Waals surface area contributed by atoms with Crippen molar-refractivity contribution in [3.63, 3.8) is 0 Å². The quantitative estimate of drug-likeness (QED) is 0.768. The number of hydrogen-bond acceptors (Lipinski definition) is 3. The molecule has 3 unspecified atom stereocenters. The lowest BCUT2D eigenvalue weighted by Crippen LogP contribution is -2.57. The van der Waals surface area contributed by atoms with Gasteiger partial charge in [0.05, 0.1) is 6.61 Å². The Morgan fingerprint density at radius 3 is 2.56 bits per heavy atom. The Hall–Kier alpha value is -0.570. The van der Waals surface area contributed by atoms with E-state index in [1.807, 2.05) is 6.92 Å². The van der Waals surface area contributed by atoms with E-state index in [1.54, 1.807) is 0 Å². The number of nitrogens with one attached hydrogen (secondary N) is 1. The van der Waals surface area contributed by atoms with Gasteiger partial charge in [0.2, 0.25) is 0 Å². The largest absolute Gasteiger partial charge is 0.465 e. The molecule has 0 heterocycles. The third kappa shape index (κ3) is 3.71. The van der Waals surface area contributed by atoms with Gasteiger partial charge in [0.15, 0.2) is 0 Å². The highest BCUT2D eigenvalue weighted by Gasteiger charge is 2.44. The summed E-state index contributed by atoms with van der Waals surface area (Å²) in [5.41, 5.74) is -0.438. The van der Waals surface area contributed by atoms with Crippen molar-refractivity contribution >= 4 is 5.97 Å². The van der Waals surface area contributed by atoms with Crippen molar-refractivity contribution in [2.45, 2.75) is 59.4 Å². The van der Waals surface area contributed by atoms with Gasteiger partial charge in [-0.2, -0.15) is 0 Å².